The van der Waals surface area contributed by atoms with Crippen LogP contribution in [0.5, 0.6) is 0 Å². The van der Waals surface area contributed by atoms with E-state index in [1.165, 1.54) is 0 Å². The second-order valence-corrected chi connectivity index (χ2v) is 8.87. The summed E-state index contributed by atoms with van der Waals surface area (Å²) in [5.41, 5.74) is 16.4. The van der Waals surface area contributed by atoms with Crippen molar-refractivity contribution in [3.8, 4) is 21.1 Å². The van der Waals surface area contributed by atoms with Crippen molar-refractivity contribution in [3.05, 3.63) is 71.8 Å². The first-order valence-electron chi connectivity index (χ1n) is 9.09. The van der Waals surface area contributed by atoms with Gasteiger partial charge in [-0.2, -0.15) is 0 Å². The van der Waals surface area contributed by atoms with Crippen LogP contribution in [0.25, 0.3) is 41.6 Å². The maximum absolute atomic E-state index is 7.62. The van der Waals surface area contributed by atoms with Gasteiger partial charge >= 0.3 is 0 Å². The maximum Gasteiger partial charge on any atom is 0.124 e. The molecule has 0 radical (unpaired) electrons. The highest BCUT2D eigenvalue weighted by Gasteiger charge is 2.12. The highest BCUT2D eigenvalue weighted by atomic mass is 35.5. The molecule has 0 aliphatic rings. The smallest absolute Gasteiger partial charge is 0.124 e. The first kappa shape index (κ1) is 23.6. The molecule has 0 aliphatic heterocycles. The summed E-state index contributed by atoms with van der Waals surface area (Å²) in [5.74, 6) is 0.107. The van der Waals surface area contributed by atoms with Crippen molar-refractivity contribution in [2.45, 2.75) is 0 Å². The number of fused-ring (bicyclic) bond motifs is 2. The van der Waals surface area contributed by atoms with Crippen molar-refractivity contribution in [2.24, 2.45) is 11.5 Å². The summed E-state index contributed by atoms with van der Waals surface area (Å²) in [4.78, 5) is 9.49. The first-order valence-corrected chi connectivity index (χ1v) is 10.7. The predicted octanol–water partition coefficient (Wildman–Crippen LogP) is 5.65. The molecule has 0 saturated carbocycles. The van der Waals surface area contributed by atoms with Gasteiger partial charge in [-0.25, -0.2) is 9.97 Å². The van der Waals surface area contributed by atoms with Gasteiger partial charge in [0.1, 0.15) is 21.7 Å². The number of nitrogen functional groups attached to an aromatic ring is 2. The molecule has 5 aromatic rings. The Morgan fingerprint density at radius 1 is 0.656 bits per heavy atom. The zero-order valence-electron chi connectivity index (χ0n) is 16.5. The lowest BCUT2D eigenvalue weighted by Gasteiger charge is -1.99. The Morgan fingerprint density at radius 3 is 1.50 bits per heavy atom. The number of nitrogens with one attached hydrogen (secondary N) is 2. The molecule has 32 heavy (non-hydrogen) atoms. The third-order valence-corrected chi connectivity index (χ3v) is 6.89. The Labute approximate surface area is 204 Å². The fraction of sp³-hybridized carbons (Fsp3) is 0. The second kappa shape index (κ2) is 9.22. The van der Waals surface area contributed by atoms with E-state index >= 15 is 0 Å². The molecular weight excluding hydrogens is 483 g/mol. The van der Waals surface area contributed by atoms with Crippen LogP contribution in [0.3, 0.4) is 0 Å². The molecule has 0 spiro atoms. The molecule has 0 unspecified atom stereocenters. The Kier molecular flexibility index (Phi) is 6.80. The Balaban J connectivity index is 0.00000144. The topological polar surface area (TPSA) is 126 Å². The zero-order chi connectivity index (χ0) is 20.8. The Bertz CT molecular complexity index is 1370. The third-order valence-electron chi connectivity index (χ3n) is 4.76. The van der Waals surface area contributed by atoms with Crippen molar-refractivity contribution in [1.82, 2.24) is 9.97 Å². The van der Waals surface area contributed by atoms with Gasteiger partial charge in [0.2, 0.25) is 0 Å². The Morgan fingerprint density at radius 2 is 1.09 bits per heavy atom. The van der Waals surface area contributed by atoms with E-state index in [1.54, 1.807) is 22.7 Å². The molecule has 0 amide bonds. The average molecular weight is 501 g/mol. The van der Waals surface area contributed by atoms with Gasteiger partial charge in [0, 0.05) is 22.3 Å². The van der Waals surface area contributed by atoms with E-state index in [1.807, 2.05) is 54.6 Å². The van der Waals surface area contributed by atoms with Crippen molar-refractivity contribution < 1.29 is 0 Å². The molecule has 162 valence electrons. The summed E-state index contributed by atoms with van der Waals surface area (Å²) < 4.78 is 2.00. The van der Waals surface area contributed by atoms with Crippen molar-refractivity contribution >= 4 is 79.6 Å². The second-order valence-electron chi connectivity index (χ2n) is 6.81. The number of hydrogen-bond donors (Lipinski definition) is 4. The minimum atomic E-state index is 0. The van der Waals surface area contributed by atoms with Gasteiger partial charge in [0.15, 0.2) is 0 Å². The number of hydrogen-bond acceptors (Lipinski definition) is 6. The summed E-state index contributed by atoms with van der Waals surface area (Å²) in [6.45, 7) is 0. The van der Waals surface area contributed by atoms with Crippen LogP contribution in [0.15, 0.2) is 60.7 Å². The van der Waals surface area contributed by atoms with Gasteiger partial charge < -0.3 is 11.5 Å². The van der Waals surface area contributed by atoms with Crippen molar-refractivity contribution in [3.63, 3.8) is 0 Å². The lowest BCUT2D eigenvalue weighted by atomic mass is 10.1. The molecule has 0 atom stereocenters. The number of aromatic nitrogens is 2. The normalized spacial score (nSPS) is 10.5. The van der Waals surface area contributed by atoms with Crippen LogP contribution in [0.1, 0.15) is 11.1 Å². The molecule has 0 bridgehead atoms. The SMILES string of the molecule is Cl.Cl.N=C(N)c1ccc2nc(-c3cccc(-c4nc5ccc(C(=N)N)cc5s4)c3)sc2c1. The minimum absolute atomic E-state index is 0. The van der Waals surface area contributed by atoms with Crippen LogP contribution >= 0.6 is 47.5 Å². The van der Waals surface area contributed by atoms with Crippen LogP contribution in [0.4, 0.5) is 0 Å². The van der Waals surface area contributed by atoms with Gasteiger partial charge in [-0.15, -0.1) is 47.5 Å². The number of halogens is 2. The van der Waals surface area contributed by atoms with Crippen molar-refractivity contribution in [1.29, 1.82) is 10.8 Å². The largest absolute Gasteiger partial charge is 0.384 e. The molecule has 10 heteroatoms. The minimum Gasteiger partial charge on any atom is -0.384 e. The van der Waals surface area contributed by atoms with E-state index in [-0.39, 0.29) is 36.5 Å². The first-order chi connectivity index (χ1) is 14.5. The van der Waals surface area contributed by atoms with E-state index in [9.17, 15) is 0 Å². The van der Waals surface area contributed by atoms with Gasteiger partial charge in [-0.1, -0.05) is 18.2 Å². The number of benzene rings is 3. The summed E-state index contributed by atoms with van der Waals surface area (Å²) in [6.07, 6.45) is 0. The fourth-order valence-electron chi connectivity index (χ4n) is 3.22. The number of thiazole rings is 2. The van der Waals surface area contributed by atoms with Gasteiger partial charge in [-0.3, -0.25) is 10.8 Å². The predicted molar refractivity (Wildman–Crippen MR) is 140 cm³/mol. The number of nitrogens with zero attached hydrogens (tertiary/aromatic N) is 2. The molecule has 0 aliphatic carbocycles. The zero-order valence-corrected chi connectivity index (χ0v) is 19.7. The third kappa shape index (κ3) is 4.31. The highest BCUT2D eigenvalue weighted by molar-refractivity contribution is 7.22. The van der Waals surface area contributed by atoms with Gasteiger partial charge in [0.05, 0.1) is 20.4 Å². The molecule has 5 rings (SSSR count). The fourth-order valence-corrected chi connectivity index (χ4v) is 5.22. The molecule has 2 aromatic heterocycles. The Hall–Kier alpha value is -3.04. The lowest BCUT2D eigenvalue weighted by molar-refractivity contribution is 1.42. The monoisotopic (exact) mass is 500 g/mol. The van der Waals surface area contributed by atoms with Gasteiger partial charge in [-0.05, 0) is 42.5 Å². The molecule has 6 N–H and O–H groups in total. The molecule has 2 heterocycles. The van der Waals surface area contributed by atoms with E-state index in [0.717, 1.165) is 41.6 Å². The maximum atomic E-state index is 7.62. The molecular formula is C22H18Cl2N6S2. The summed E-state index contributed by atoms with van der Waals surface area (Å²) in [6, 6.07) is 19.4. The van der Waals surface area contributed by atoms with E-state index in [2.05, 4.69) is 6.07 Å². The molecule has 3 aromatic carbocycles. The van der Waals surface area contributed by atoms with E-state index in [0.29, 0.717) is 11.1 Å². The quantitative estimate of drug-likeness (QED) is 0.187. The number of amidine groups is 2. The summed E-state index contributed by atoms with van der Waals surface area (Å²) in [7, 11) is 0. The summed E-state index contributed by atoms with van der Waals surface area (Å²) in [5, 5.41) is 17.1. The van der Waals surface area contributed by atoms with E-state index in [4.69, 9.17) is 32.3 Å². The van der Waals surface area contributed by atoms with Crippen LogP contribution in [0, 0.1) is 10.8 Å². The lowest BCUT2D eigenvalue weighted by Crippen LogP contribution is -2.10. The molecule has 6 nitrogen and oxygen atoms in total. The molecule has 0 fully saturated rings. The average Bonchev–Trinajstić information content (AvgIpc) is 3.36. The highest BCUT2D eigenvalue weighted by Crippen LogP contribution is 2.35. The van der Waals surface area contributed by atoms with Crippen LogP contribution in [-0.4, -0.2) is 21.6 Å². The van der Waals surface area contributed by atoms with E-state index < -0.39 is 0 Å². The van der Waals surface area contributed by atoms with Crippen LogP contribution in [0.2, 0.25) is 0 Å². The number of rotatable bonds is 4. The standard InChI is InChI=1S/C22H16N6S2.2ClH/c23-19(24)11-4-6-15-17(9-11)29-21(27-15)13-2-1-3-14(8-13)22-28-16-7-5-12(20(25)26)10-18(16)30-22;;/h1-10H,(H3,23,24)(H3,25,26);2*1H. The van der Waals surface area contributed by atoms with Crippen LogP contribution < -0.4 is 11.5 Å². The summed E-state index contributed by atoms with van der Waals surface area (Å²) >= 11 is 3.16. The molecule has 0 saturated heterocycles. The van der Waals surface area contributed by atoms with Crippen molar-refractivity contribution in [2.75, 3.05) is 0 Å². The van der Waals surface area contributed by atoms with Gasteiger partial charge in [0.25, 0.3) is 0 Å². The van der Waals surface area contributed by atoms with Crippen LogP contribution in [-0.2, 0) is 0 Å². The number of nitrogens with two attached hydrogens (primary N) is 2.